The molecule has 0 bridgehead atoms. The highest BCUT2D eigenvalue weighted by molar-refractivity contribution is 6.35. The average molecular weight is 1140 g/mol. The quantitative estimate of drug-likeness (QED) is 0.0377. The van der Waals surface area contributed by atoms with Crippen LogP contribution >= 0.6 is 34.8 Å². The van der Waals surface area contributed by atoms with E-state index < -0.39 is 47.8 Å². The van der Waals surface area contributed by atoms with Gasteiger partial charge in [-0.2, -0.15) is 13.2 Å². The Morgan fingerprint density at radius 1 is 0.590 bits per heavy atom. The molecule has 0 atom stereocenters. The van der Waals surface area contributed by atoms with Gasteiger partial charge in [-0.3, -0.25) is 34.1 Å². The maximum Gasteiger partial charge on any atom is 0.446 e. The number of halogens is 8. The third kappa shape index (κ3) is 14.7. The van der Waals surface area contributed by atoms with Gasteiger partial charge in [0.2, 0.25) is 6.29 Å². The van der Waals surface area contributed by atoms with E-state index in [1.165, 1.54) is 58.0 Å². The summed E-state index contributed by atoms with van der Waals surface area (Å²) in [6.45, 7) is 0. The zero-order valence-corrected chi connectivity index (χ0v) is 42.8. The summed E-state index contributed by atoms with van der Waals surface area (Å²) in [6.07, 6.45) is 0.702. The van der Waals surface area contributed by atoms with Crippen LogP contribution in [0.3, 0.4) is 0 Å². The minimum Gasteiger partial charge on any atom is -0.496 e. The maximum atomic E-state index is 14.6. The first-order chi connectivity index (χ1) is 36.9. The van der Waals surface area contributed by atoms with Gasteiger partial charge in [-0.05, 0) is 49.2 Å². The van der Waals surface area contributed by atoms with E-state index in [0.29, 0.717) is 66.3 Å². The van der Waals surface area contributed by atoms with Crippen molar-refractivity contribution in [2.24, 2.45) is 17.2 Å². The fraction of sp³-hybridized carbons (Fsp3) is 0.137. The van der Waals surface area contributed by atoms with Crippen molar-refractivity contribution in [2.45, 2.75) is 25.1 Å². The van der Waals surface area contributed by atoms with Gasteiger partial charge in [0.15, 0.2) is 11.6 Å². The van der Waals surface area contributed by atoms with Gasteiger partial charge in [0.05, 0.1) is 81.0 Å². The number of nitrogens with zero attached hydrogens (tertiary/aromatic N) is 3. The van der Waals surface area contributed by atoms with Crippen LogP contribution in [0.25, 0.3) is 32.7 Å². The van der Waals surface area contributed by atoms with Crippen molar-refractivity contribution in [2.75, 3.05) is 32.4 Å². The van der Waals surface area contributed by atoms with Gasteiger partial charge in [-0.15, -0.1) is 0 Å². The zero-order chi connectivity index (χ0) is 57.2. The average Bonchev–Trinajstić information content (AvgIpc) is 4.26. The lowest BCUT2D eigenvalue weighted by atomic mass is 10.1. The number of carbonyl (C=O) groups excluding carboxylic acids is 5. The molecule has 78 heavy (non-hydrogen) atoms. The number of aldehydes is 1. The molecular formula is C51H41Cl3F5N9O10. The van der Waals surface area contributed by atoms with Crippen LogP contribution in [0.5, 0.6) is 40.2 Å². The van der Waals surface area contributed by atoms with Crippen LogP contribution in [-0.2, 0) is 4.79 Å². The third-order valence-corrected chi connectivity index (χ3v) is 11.6. The predicted octanol–water partition coefficient (Wildman–Crippen LogP) is 10.5. The SMILES string of the molecule is COc1cc2nccc(Cl)c2cc1C(N)=O.COc1cc2nccc(Oc3cc(F)c(N)c(Cl)c3)c2cc1C(N)=O.COc1cc2nccc(Oc3cc(F)c(NC(=O)NC4CC4)c(Cl)c3)c2cc1C(N)=O.O=CC(F)(F)F. The molecule has 0 radical (unpaired) electrons. The van der Waals surface area contributed by atoms with Gasteiger partial charge >= 0.3 is 12.2 Å². The summed E-state index contributed by atoms with van der Waals surface area (Å²) >= 11 is 18.0. The number of carbonyl (C=O) groups is 5. The normalized spacial score (nSPS) is 11.6. The Labute approximate surface area is 452 Å². The second-order valence-electron chi connectivity index (χ2n) is 16.0. The molecule has 1 saturated carbocycles. The third-order valence-electron chi connectivity index (χ3n) is 10.7. The number of methoxy groups -OCH3 is 3. The largest absolute Gasteiger partial charge is 0.496 e. The molecule has 27 heteroatoms. The van der Waals surface area contributed by atoms with Crippen molar-refractivity contribution in [3.63, 3.8) is 0 Å². The first-order valence-corrected chi connectivity index (χ1v) is 23.2. The molecule has 0 aliphatic heterocycles. The molecule has 5 amide bonds. The summed E-state index contributed by atoms with van der Waals surface area (Å²) in [7, 11) is 4.31. The van der Waals surface area contributed by atoms with Crippen LogP contribution < -0.4 is 57.3 Å². The van der Waals surface area contributed by atoms with Crippen molar-refractivity contribution in [1.82, 2.24) is 20.3 Å². The van der Waals surface area contributed by atoms with Crippen molar-refractivity contribution < 1.29 is 69.6 Å². The number of alkyl halides is 3. The number of nitrogen functional groups attached to an aromatic ring is 1. The van der Waals surface area contributed by atoms with E-state index in [1.54, 1.807) is 48.7 Å². The van der Waals surface area contributed by atoms with Crippen LogP contribution in [0.4, 0.5) is 38.1 Å². The summed E-state index contributed by atoms with van der Waals surface area (Å²) in [4.78, 5) is 67.8. The number of benzene rings is 5. The number of amides is 5. The number of hydrogen-bond donors (Lipinski definition) is 6. The van der Waals surface area contributed by atoms with Crippen molar-refractivity contribution in [3.05, 3.63) is 141 Å². The first-order valence-electron chi connectivity index (χ1n) is 22.1. The molecule has 10 N–H and O–H groups in total. The molecule has 8 aromatic rings. The van der Waals surface area contributed by atoms with Gasteiger partial charge in [-0.25, -0.2) is 13.6 Å². The Morgan fingerprint density at radius 2 is 0.987 bits per heavy atom. The van der Waals surface area contributed by atoms with E-state index in [9.17, 15) is 41.1 Å². The number of nitrogens with one attached hydrogen (secondary N) is 2. The summed E-state index contributed by atoms with van der Waals surface area (Å²) < 4.78 is 86.5. The molecule has 3 heterocycles. The lowest BCUT2D eigenvalue weighted by Crippen LogP contribution is -2.30. The molecule has 9 rings (SSSR count). The number of urea groups is 1. The predicted molar refractivity (Wildman–Crippen MR) is 280 cm³/mol. The lowest BCUT2D eigenvalue weighted by Gasteiger charge is -2.14. The molecule has 5 aromatic carbocycles. The Balaban J connectivity index is 0.000000187. The molecule has 0 saturated heterocycles. The summed E-state index contributed by atoms with van der Waals surface area (Å²) in [6, 6.07) is 18.7. The number of nitrogens with two attached hydrogens (primary N) is 4. The van der Waals surface area contributed by atoms with E-state index in [-0.39, 0.29) is 55.8 Å². The molecule has 1 aliphatic carbocycles. The van der Waals surface area contributed by atoms with E-state index >= 15 is 0 Å². The number of fused-ring (bicyclic) bond motifs is 3. The van der Waals surface area contributed by atoms with Crippen molar-refractivity contribution in [1.29, 1.82) is 0 Å². The Morgan fingerprint density at radius 3 is 1.37 bits per heavy atom. The second-order valence-corrected chi connectivity index (χ2v) is 17.2. The van der Waals surface area contributed by atoms with Gasteiger partial charge in [-0.1, -0.05) is 34.8 Å². The Hall–Kier alpha value is -9.00. The minimum atomic E-state index is -4.64. The molecule has 1 aliphatic rings. The Bertz CT molecular complexity index is 3590. The van der Waals surface area contributed by atoms with Crippen LogP contribution in [0, 0.1) is 11.6 Å². The molecule has 1 fully saturated rings. The molecule has 0 unspecified atom stereocenters. The topological polar surface area (TPSA) is 298 Å². The number of anilines is 2. The van der Waals surface area contributed by atoms with Crippen LogP contribution in [0.2, 0.25) is 15.1 Å². The zero-order valence-electron chi connectivity index (χ0n) is 40.6. The number of ether oxygens (including phenoxy) is 5. The smallest absolute Gasteiger partial charge is 0.446 e. The standard InChI is InChI=1S/C21H18ClFN4O4.C17H13ClFN3O3.C11H9ClN2O2.C2HF3O/c1-30-18-9-16-12(8-13(18)20(24)28)17(4-5-25-16)31-11-6-14(22)19(15(23)7-11)27-21(29)26-10-2-3-10;1-24-15-7-13-9(6-10(15)17(21)23)14(2-3-22-13)25-8-4-11(18)16(20)12(19)5-8;1-16-10-5-9-6(4-7(10)11(13)15)8(12)2-3-14-9;3-2(4,5)1-6/h4-10H,2-3H2,1H3,(H2,24,28)(H2,26,27,29);2-7H,20H2,1H3,(H2,21,23);2-5H,1H3,(H2,13,15);1H. The van der Waals surface area contributed by atoms with E-state index in [4.69, 9.17) is 86.2 Å². The second kappa shape index (κ2) is 25.2. The molecule has 0 spiro atoms. The highest BCUT2D eigenvalue weighted by Gasteiger charge is 2.26. The summed E-state index contributed by atoms with van der Waals surface area (Å²) in [5.74, 6) is -1.48. The first kappa shape index (κ1) is 58.3. The van der Waals surface area contributed by atoms with Gasteiger partial charge in [0.25, 0.3) is 17.7 Å². The van der Waals surface area contributed by atoms with Gasteiger partial charge in [0.1, 0.15) is 40.2 Å². The summed E-state index contributed by atoms with van der Waals surface area (Å²) in [5.41, 5.74) is 23.5. The molecule has 406 valence electrons. The number of rotatable bonds is 12. The molecule has 19 nitrogen and oxygen atoms in total. The van der Waals surface area contributed by atoms with Crippen LogP contribution in [0.15, 0.2) is 97.5 Å². The number of aromatic nitrogens is 3. The lowest BCUT2D eigenvalue weighted by molar-refractivity contribution is -0.156. The minimum absolute atomic E-state index is 0.0289. The highest BCUT2D eigenvalue weighted by Crippen LogP contribution is 2.38. The van der Waals surface area contributed by atoms with Crippen molar-refractivity contribution >= 4 is 109 Å². The van der Waals surface area contributed by atoms with Crippen LogP contribution in [-0.4, -0.2) is 78.5 Å². The number of pyridine rings is 3. The maximum absolute atomic E-state index is 14.6. The molecule has 3 aromatic heterocycles. The van der Waals surface area contributed by atoms with Crippen LogP contribution in [0.1, 0.15) is 43.9 Å². The fourth-order valence-electron chi connectivity index (χ4n) is 6.86. The van der Waals surface area contributed by atoms with Crippen molar-refractivity contribution in [3.8, 4) is 40.2 Å². The summed E-state index contributed by atoms with van der Waals surface area (Å²) in [5, 5.41) is 7.29. The van der Waals surface area contributed by atoms with Gasteiger partial charge in [0, 0.05) is 83.3 Å². The highest BCUT2D eigenvalue weighted by atomic mass is 35.5. The van der Waals surface area contributed by atoms with Gasteiger partial charge < -0.3 is 57.3 Å². The Kier molecular flexibility index (Phi) is 18.8. The van der Waals surface area contributed by atoms with E-state index in [2.05, 4.69) is 25.6 Å². The number of hydrogen-bond acceptors (Lipinski definition) is 14. The fourth-order valence-corrected chi connectivity index (χ4v) is 7.51. The monoisotopic (exact) mass is 1140 g/mol. The van der Waals surface area contributed by atoms with E-state index in [0.717, 1.165) is 25.0 Å². The molecular weight excluding hydrogens is 1100 g/mol. The number of primary amides is 3. The van der Waals surface area contributed by atoms with E-state index in [1.807, 2.05) is 0 Å².